The topological polar surface area (TPSA) is 75.6 Å². The van der Waals surface area contributed by atoms with E-state index in [0.29, 0.717) is 11.7 Å². The molecule has 0 aliphatic rings. The Kier molecular flexibility index (Phi) is 6.72. The Balaban J connectivity index is 1.71. The summed E-state index contributed by atoms with van der Waals surface area (Å²) in [6, 6.07) is 9.84. The Labute approximate surface area is 181 Å². The summed E-state index contributed by atoms with van der Waals surface area (Å²) in [5, 5.41) is 7.93. The second kappa shape index (κ2) is 9.26. The van der Waals surface area contributed by atoms with Gasteiger partial charge in [0.25, 0.3) is 5.91 Å². The minimum Gasteiger partial charge on any atom is -0.484 e. The van der Waals surface area contributed by atoms with Gasteiger partial charge in [-0.3, -0.25) is 10.2 Å². The van der Waals surface area contributed by atoms with Crippen LogP contribution in [0.15, 0.2) is 35.4 Å². The van der Waals surface area contributed by atoms with Crippen molar-refractivity contribution in [3.05, 3.63) is 47.0 Å². The average Bonchev–Trinajstić information content (AvgIpc) is 3.11. The van der Waals surface area contributed by atoms with Crippen molar-refractivity contribution >= 4 is 44.0 Å². The maximum absolute atomic E-state index is 12.5. The minimum absolute atomic E-state index is 0.0437. The van der Waals surface area contributed by atoms with E-state index in [1.54, 1.807) is 0 Å². The molecular formula is C23H28N4O2S. The molecule has 158 valence electrons. The number of amides is 1. The van der Waals surface area contributed by atoms with Crippen LogP contribution in [0.1, 0.15) is 50.3 Å². The first-order valence-electron chi connectivity index (χ1n) is 9.95. The number of thiazole rings is 1. The van der Waals surface area contributed by atoms with Crippen LogP contribution in [0.3, 0.4) is 0 Å². The summed E-state index contributed by atoms with van der Waals surface area (Å²) in [6.45, 7) is 12.0. The molecule has 3 rings (SSSR count). The molecule has 0 saturated carbocycles. The monoisotopic (exact) mass is 424 g/mol. The normalized spacial score (nSPS) is 10.9. The lowest BCUT2D eigenvalue weighted by atomic mass is 10.0. The third kappa shape index (κ3) is 5.16. The van der Waals surface area contributed by atoms with Gasteiger partial charge in [-0.25, -0.2) is 4.98 Å². The minimum atomic E-state index is -0.192. The molecule has 2 N–H and O–H groups in total. The number of hydrogen-bond acceptors (Lipinski definition) is 6. The van der Waals surface area contributed by atoms with Gasteiger partial charge < -0.3 is 10.1 Å². The van der Waals surface area contributed by atoms with Crippen LogP contribution in [0.2, 0.25) is 0 Å². The van der Waals surface area contributed by atoms with Crippen LogP contribution < -0.4 is 15.5 Å². The number of carbonyl (C=O) groups is 1. The summed E-state index contributed by atoms with van der Waals surface area (Å²) >= 11 is 1.52. The summed E-state index contributed by atoms with van der Waals surface area (Å²) < 4.78 is 6.67. The Morgan fingerprint density at radius 2 is 1.90 bits per heavy atom. The Morgan fingerprint density at radius 1 is 1.20 bits per heavy atom. The SMILES string of the molecule is CC(C)=NNc1nc2cc(C)c(NC(=O)COc3ccc(C(C)C)cc3)c(C)c2s1. The third-order valence-corrected chi connectivity index (χ3v) is 5.77. The molecule has 0 spiro atoms. The number of carbonyl (C=O) groups excluding carboxylic acids is 1. The van der Waals surface area contributed by atoms with Gasteiger partial charge in [-0.15, -0.1) is 0 Å². The van der Waals surface area contributed by atoms with Crippen LogP contribution >= 0.6 is 11.3 Å². The van der Waals surface area contributed by atoms with Gasteiger partial charge in [0, 0.05) is 11.4 Å². The fourth-order valence-electron chi connectivity index (χ4n) is 3.06. The van der Waals surface area contributed by atoms with E-state index in [1.165, 1.54) is 16.9 Å². The van der Waals surface area contributed by atoms with Gasteiger partial charge in [0.15, 0.2) is 6.61 Å². The number of benzene rings is 2. The van der Waals surface area contributed by atoms with E-state index >= 15 is 0 Å². The molecular weight excluding hydrogens is 396 g/mol. The zero-order chi connectivity index (χ0) is 21.8. The van der Waals surface area contributed by atoms with Gasteiger partial charge in [0.05, 0.1) is 10.2 Å². The summed E-state index contributed by atoms with van der Waals surface area (Å²) in [6.07, 6.45) is 0. The largest absolute Gasteiger partial charge is 0.484 e. The molecule has 0 bridgehead atoms. The average molecular weight is 425 g/mol. The number of aromatic nitrogens is 1. The highest BCUT2D eigenvalue weighted by molar-refractivity contribution is 7.22. The number of hydrogen-bond donors (Lipinski definition) is 2. The van der Waals surface area contributed by atoms with Crippen LogP contribution in [-0.4, -0.2) is 23.2 Å². The van der Waals surface area contributed by atoms with E-state index < -0.39 is 0 Å². The second-order valence-corrected chi connectivity index (χ2v) is 8.79. The number of ether oxygens (including phenoxy) is 1. The second-order valence-electron chi connectivity index (χ2n) is 7.79. The van der Waals surface area contributed by atoms with Crippen molar-refractivity contribution in [2.75, 3.05) is 17.3 Å². The van der Waals surface area contributed by atoms with Gasteiger partial charge in [0.1, 0.15) is 5.75 Å². The molecule has 7 heteroatoms. The van der Waals surface area contributed by atoms with E-state index in [4.69, 9.17) is 4.74 Å². The standard InChI is InChI=1S/C23H28N4O2S/c1-13(2)17-7-9-18(10-8-17)29-12-20(28)25-21-15(5)11-19-22(16(21)6)30-23(24-19)27-26-14(3)4/h7-11,13H,12H2,1-6H3,(H,24,27)(H,25,28). The van der Waals surface area contributed by atoms with Crippen molar-refractivity contribution in [3.8, 4) is 5.75 Å². The highest BCUT2D eigenvalue weighted by atomic mass is 32.1. The van der Waals surface area contributed by atoms with Crippen LogP contribution in [0.5, 0.6) is 5.75 Å². The van der Waals surface area contributed by atoms with E-state index in [2.05, 4.69) is 34.7 Å². The highest BCUT2D eigenvalue weighted by Crippen LogP contribution is 2.35. The molecule has 0 aliphatic heterocycles. The van der Waals surface area contributed by atoms with Crippen molar-refractivity contribution in [1.29, 1.82) is 0 Å². The van der Waals surface area contributed by atoms with Crippen molar-refractivity contribution in [2.45, 2.75) is 47.5 Å². The van der Waals surface area contributed by atoms with Gasteiger partial charge in [-0.2, -0.15) is 5.10 Å². The number of aryl methyl sites for hydroxylation is 2. The summed E-state index contributed by atoms with van der Waals surface area (Å²) in [5.74, 6) is 0.953. The molecule has 1 heterocycles. The van der Waals surface area contributed by atoms with Crippen LogP contribution in [0.25, 0.3) is 10.2 Å². The van der Waals surface area contributed by atoms with Gasteiger partial charge in [0.2, 0.25) is 5.13 Å². The molecule has 30 heavy (non-hydrogen) atoms. The predicted molar refractivity (Wildman–Crippen MR) is 126 cm³/mol. The first kappa shape index (κ1) is 21.8. The summed E-state index contributed by atoms with van der Waals surface area (Å²) in [7, 11) is 0. The Morgan fingerprint density at radius 3 is 2.53 bits per heavy atom. The van der Waals surface area contributed by atoms with Crippen molar-refractivity contribution in [1.82, 2.24) is 4.98 Å². The number of anilines is 2. The van der Waals surface area contributed by atoms with Gasteiger partial charge >= 0.3 is 0 Å². The molecule has 0 aliphatic carbocycles. The summed E-state index contributed by atoms with van der Waals surface area (Å²) in [5.41, 5.74) is 8.78. The first-order chi connectivity index (χ1) is 14.2. The van der Waals surface area contributed by atoms with Crippen molar-refractivity contribution in [2.24, 2.45) is 5.10 Å². The Bertz CT molecular complexity index is 1080. The maximum Gasteiger partial charge on any atom is 0.262 e. The number of nitrogens with zero attached hydrogens (tertiary/aromatic N) is 2. The van der Waals surface area contributed by atoms with Crippen molar-refractivity contribution in [3.63, 3.8) is 0 Å². The molecule has 0 radical (unpaired) electrons. The zero-order valence-electron chi connectivity index (χ0n) is 18.3. The van der Waals surface area contributed by atoms with Gasteiger partial charge in [-0.05, 0) is 68.5 Å². The predicted octanol–water partition coefficient (Wildman–Crippen LogP) is 5.86. The Hall–Kier alpha value is -2.93. The number of nitrogens with one attached hydrogen (secondary N) is 2. The molecule has 0 atom stereocenters. The fourth-order valence-corrected chi connectivity index (χ4v) is 3.95. The van der Waals surface area contributed by atoms with Gasteiger partial charge in [-0.1, -0.05) is 37.3 Å². The fraction of sp³-hybridized carbons (Fsp3) is 0.348. The molecule has 6 nitrogen and oxygen atoms in total. The molecule has 0 saturated heterocycles. The lowest BCUT2D eigenvalue weighted by molar-refractivity contribution is -0.118. The highest BCUT2D eigenvalue weighted by Gasteiger charge is 2.15. The molecule has 0 fully saturated rings. The zero-order valence-corrected chi connectivity index (χ0v) is 19.1. The van der Waals surface area contributed by atoms with Crippen LogP contribution in [0.4, 0.5) is 10.8 Å². The van der Waals surface area contributed by atoms with E-state index in [-0.39, 0.29) is 12.5 Å². The van der Waals surface area contributed by atoms with E-state index in [1.807, 2.05) is 58.0 Å². The quantitative estimate of drug-likeness (QED) is 0.368. The molecule has 1 aromatic heterocycles. The third-order valence-electron chi connectivity index (χ3n) is 4.67. The number of rotatable bonds is 7. The lowest BCUT2D eigenvalue weighted by Gasteiger charge is -2.13. The van der Waals surface area contributed by atoms with E-state index in [9.17, 15) is 4.79 Å². The van der Waals surface area contributed by atoms with Crippen LogP contribution in [0, 0.1) is 13.8 Å². The number of fused-ring (bicyclic) bond motifs is 1. The molecule has 0 unspecified atom stereocenters. The van der Waals surface area contributed by atoms with Crippen molar-refractivity contribution < 1.29 is 9.53 Å². The number of hydrazone groups is 1. The lowest BCUT2D eigenvalue weighted by Crippen LogP contribution is -2.21. The summed E-state index contributed by atoms with van der Waals surface area (Å²) in [4.78, 5) is 17.1. The first-order valence-corrected chi connectivity index (χ1v) is 10.8. The molecule has 3 aromatic rings. The maximum atomic E-state index is 12.5. The smallest absolute Gasteiger partial charge is 0.262 e. The molecule has 2 aromatic carbocycles. The van der Waals surface area contributed by atoms with E-state index in [0.717, 1.165) is 37.9 Å². The molecule has 1 amide bonds. The van der Waals surface area contributed by atoms with Crippen LogP contribution in [-0.2, 0) is 4.79 Å².